The average molecular weight is 357 g/mol. The second-order valence-corrected chi connectivity index (χ2v) is 8.07. The lowest BCUT2D eigenvalue weighted by atomic mass is 9.69. The van der Waals surface area contributed by atoms with Gasteiger partial charge in [0.15, 0.2) is 11.5 Å². The minimum Gasteiger partial charge on any atom is -0.490 e. The molecule has 4 heteroatoms. The second-order valence-electron chi connectivity index (χ2n) is 8.07. The van der Waals surface area contributed by atoms with Crippen LogP contribution >= 0.6 is 0 Å². The number of hydrogen-bond donors (Lipinski definition) is 1. The van der Waals surface area contributed by atoms with Crippen LogP contribution in [-0.4, -0.2) is 48.5 Å². The summed E-state index contributed by atoms with van der Waals surface area (Å²) in [6.45, 7) is 3.70. The van der Waals surface area contributed by atoms with Gasteiger partial charge in [-0.15, -0.1) is 0 Å². The number of benzene rings is 1. The molecule has 3 atom stereocenters. The maximum Gasteiger partial charge on any atom is 0.161 e. The first-order valence-electron chi connectivity index (χ1n) is 10.1. The van der Waals surface area contributed by atoms with E-state index in [-0.39, 0.29) is 11.5 Å². The van der Waals surface area contributed by atoms with Crippen molar-refractivity contribution >= 4 is 0 Å². The molecule has 142 valence electrons. The first kappa shape index (κ1) is 17.9. The molecule has 1 aromatic carbocycles. The fourth-order valence-corrected chi connectivity index (χ4v) is 5.03. The normalized spacial score (nSPS) is 32.0. The summed E-state index contributed by atoms with van der Waals surface area (Å²) in [5.74, 6) is 1.74. The zero-order chi connectivity index (χ0) is 18.1. The molecule has 1 N–H and O–H groups in total. The molecule has 4 nitrogen and oxygen atoms in total. The topological polar surface area (TPSA) is 41.9 Å². The van der Waals surface area contributed by atoms with Gasteiger partial charge in [-0.25, -0.2) is 0 Å². The fourth-order valence-electron chi connectivity index (χ4n) is 5.03. The van der Waals surface area contributed by atoms with E-state index in [1.54, 1.807) is 0 Å². The molecule has 0 bridgehead atoms. The largest absolute Gasteiger partial charge is 0.490 e. The third-order valence-corrected chi connectivity index (χ3v) is 6.46. The number of aliphatic hydroxyl groups is 1. The van der Waals surface area contributed by atoms with Gasteiger partial charge in [-0.1, -0.05) is 18.2 Å². The number of likely N-dealkylation sites (tertiary alicyclic amines) is 1. The molecular weight excluding hydrogens is 326 g/mol. The van der Waals surface area contributed by atoms with E-state index in [0.717, 1.165) is 43.7 Å². The molecule has 3 aliphatic rings. The van der Waals surface area contributed by atoms with Gasteiger partial charge < -0.3 is 19.5 Å². The van der Waals surface area contributed by atoms with Crippen molar-refractivity contribution in [2.45, 2.75) is 69.1 Å². The summed E-state index contributed by atoms with van der Waals surface area (Å²) < 4.78 is 12.2. The zero-order valence-electron chi connectivity index (χ0n) is 16.0. The highest BCUT2D eigenvalue weighted by Crippen LogP contribution is 2.47. The van der Waals surface area contributed by atoms with Gasteiger partial charge in [-0.3, -0.25) is 0 Å². The Hall–Kier alpha value is -1.52. The standard InChI is InChI=1S/C22H31NO3/c1-3-25-19-9-8-16(14-20(19)26-18-6-4-5-7-18)22-11-10-17(24)15-21(22)23(2)13-12-22/h8-11,14,17-18,21,24H,3-7,12-13,15H2,1-2H3/t17-,21+,22+/m1/s1. The summed E-state index contributed by atoms with van der Waals surface area (Å²) >= 11 is 0. The van der Waals surface area contributed by atoms with Crippen LogP contribution in [0.1, 0.15) is 51.0 Å². The number of likely N-dealkylation sites (N-methyl/N-ethyl adjacent to an activating group) is 1. The highest BCUT2D eigenvalue weighted by molar-refractivity contribution is 5.49. The number of rotatable bonds is 5. The first-order valence-corrected chi connectivity index (χ1v) is 10.1. The van der Waals surface area contributed by atoms with Crippen molar-refractivity contribution in [2.24, 2.45) is 0 Å². The maximum atomic E-state index is 10.1. The van der Waals surface area contributed by atoms with Crippen LogP contribution in [0.3, 0.4) is 0 Å². The van der Waals surface area contributed by atoms with Gasteiger partial charge in [0.1, 0.15) is 0 Å². The Bertz CT molecular complexity index is 667. The molecule has 0 spiro atoms. The summed E-state index contributed by atoms with van der Waals surface area (Å²) in [5.41, 5.74) is 1.25. The smallest absolute Gasteiger partial charge is 0.161 e. The van der Waals surface area contributed by atoms with Gasteiger partial charge in [0.25, 0.3) is 0 Å². The van der Waals surface area contributed by atoms with Crippen LogP contribution in [0, 0.1) is 0 Å². The minimum atomic E-state index is -0.342. The molecule has 1 heterocycles. The van der Waals surface area contributed by atoms with Gasteiger partial charge in [0.05, 0.1) is 18.8 Å². The van der Waals surface area contributed by atoms with Crippen LogP contribution in [0.25, 0.3) is 0 Å². The molecule has 1 saturated heterocycles. The van der Waals surface area contributed by atoms with E-state index in [2.05, 4.69) is 36.2 Å². The molecule has 0 aromatic heterocycles. The fraction of sp³-hybridized carbons (Fsp3) is 0.636. The lowest BCUT2D eigenvalue weighted by molar-refractivity contribution is 0.137. The third kappa shape index (κ3) is 3.14. The molecule has 1 saturated carbocycles. The average Bonchev–Trinajstić information content (AvgIpc) is 3.26. The Balaban J connectivity index is 1.70. The van der Waals surface area contributed by atoms with Crippen LogP contribution in [0.5, 0.6) is 11.5 Å². The van der Waals surface area contributed by atoms with Gasteiger partial charge in [0, 0.05) is 11.5 Å². The summed E-state index contributed by atoms with van der Waals surface area (Å²) in [6.07, 6.45) is 10.8. The summed E-state index contributed by atoms with van der Waals surface area (Å²) in [5, 5.41) is 10.1. The number of aliphatic hydroxyl groups excluding tert-OH is 1. The molecule has 2 aliphatic carbocycles. The molecule has 1 aliphatic heterocycles. The van der Waals surface area contributed by atoms with E-state index in [1.807, 2.05) is 13.0 Å². The Morgan fingerprint density at radius 1 is 1.23 bits per heavy atom. The first-order chi connectivity index (χ1) is 12.6. The van der Waals surface area contributed by atoms with Crippen molar-refractivity contribution in [1.82, 2.24) is 4.90 Å². The molecular formula is C22H31NO3. The Morgan fingerprint density at radius 2 is 2.04 bits per heavy atom. The van der Waals surface area contributed by atoms with Crippen LogP contribution in [0.4, 0.5) is 0 Å². The second kappa shape index (κ2) is 7.24. The van der Waals surface area contributed by atoms with E-state index < -0.39 is 0 Å². The van der Waals surface area contributed by atoms with Crippen molar-refractivity contribution in [3.05, 3.63) is 35.9 Å². The van der Waals surface area contributed by atoms with Crippen LogP contribution in [0.2, 0.25) is 0 Å². The number of nitrogens with zero attached hydrogens (tertiary/aromatic N) is 1. The van der Waals surface area contributed by atoms with Gasteiger partial charge in [-0.05, 0) is 76.7 Å². The van der Waals surface area contributed by atoms with Gasteiger partial charge in [-0.2, -0.15) is 0 Å². The van der Waals surface area contributed by atoms with E-state index in [4.69, 9.17) is 9.47 Å². The molecule has 0 unspecified atom stereocenters. The van der Waals surface area contributed by atoms with Crippen molar-refractivity contribution < 1.29 is 14.6 Å². The van der Waals surface area contributed by atoms with Gasteiger partial charge in [0.2, 0.25) is 0 Å². The predicted molar refractivity (Wildman–Crippen MR) is 103 cm³/mol. The van der Waals surface area contributed by atoms with E-state index in [1.165, 1.54) is 18.4 Å². The Kier molecular flexibility index (Phi) is 4.98. The quantitative estimate of drug-likeness (QED) is 0.817. The molecule has 2 fully saturated rings. The van der Waals surface area contributed by atoms with E-state index in [9.17, 15) is 5.11 Å². The summed E-state index contributed by atoms with van der Waals surface area (Å²) in [4.78, 5) is 2.39. The molecule has 0 amide bonds. The van der Waals surface area contributed by atoms with Crippen molar-refractivity contribution in [3.8, 4) is 11.5 Å². The molecule has 1 aromatic rings. The Morgan fingerprint density at radius 3 is 2.81 bits per heavy atom. The number of hydrogen-bond acceptors (Lipinski definition) is 4. The van der Waals surface area contributed by atoms with Crippen molar-refractivity contribution in [2.75, 3.05) is 20.2 Å². The molecule has 0 radical (unpaired) electrons. The van der Waals surface area contributed by atoms with Crippen LogP contribution in [0.15, 0.2) is 30.4 Å². The SMILES string of the molecule is CCOc1ccc([C@@]23C=C[C@@H](O)C[C@@H]2N(C)CC3)cc1OC1CCCC1. The lowest BCUT2D eigenvalue weighted by Gasteiger charge is -2.39. The maximum absolute atomic E-state index is 10.1. The van der Waals surface area contributed by atoms with Crippen LogP contribution in [-0.2, 0) is 5.41 Å². The van der Waals surface area contributed by atoms with Crippen molar-refractivity contribution in [3.63, 3.8) is 0 Å². The number of fused-ring (bicyclic) bond motifs is 1. The monoisotopic (exact) mass is 357 g/mol. The lowest BCUT2D eigenvalue weighted by Crippen LogP contribution is -2.44. The van der Waals surface area contributed by atoms with E-state index >= 15 is 0 Å². The molecule has 26 heavy (non-hydrogen) atoms. The third-order valence-electron chi connectivity index (χ3n) is 6.46. The van der Waals surface area contributed by atoms with Crippen LogP contribution < -0.4 is 9.47 Å². The molecule has 4 rings (SSSR count). The van der Waals surface area contributed by atoms with Gasteiger partial charge >= 0.3 is 0 Å². The number of ether oxygens (including phenoxy) is 2. The van der Waals surface area contributed by atoms with E-state index in [0.29, 0.717) is 18.8 Å². The zero-order valence-corrected chi connectivity index (χ0v) is 16.0. The van der Waals surface area contributed by atoms with Crippen molar-refractivity contribution in [1.29, 1.82) is 0 Å². The minimum absolute atomic E-state index is 0.0352. The predicted octanol–water partition coefficient (Wildman–Crippen LogP) is 3.67. The highest BCUT2D eigenvalue weighted by atomic mass is 16.5. The summed E-state index contributed by atoms with van der Waals surface area (Å²) in [6, 6.07) is 6.81. The highest BCUT2D eigenvalue weighted by Gasteiger charge is 2.48. The summed E-state index contributed by atoms with van der Waals surface area (Å²) in [7, 11) is 2.17. The Labute approximate surface area is 156 Å².